The predicted molar refractivity (Wildman–Crippen MR) is 41.3 cm³/mol. The smallest absolute Gasteiger partial charge is 0.212 e. The highest BCUT2D eigenvalue weighted by Gasteiger charge is 2.07. The number of carbonyl (C=O) groups excluding carboxylic acids is 1. The van der Waals surface area contributed by atoms with Gasteiger partial charge in [-0.2, -0.15) is 9.64 Å². The summed E-state index contributed by atoms with van der Waals surface area (Å²) in [6.07, 6.45) is 0.536. The normalized spacial score (nSPS) is 8.73. The number of anilines is 1. The summed E-state index contributed by atoms with van der Waals surface area (Å²) >= 11 is 1.11. The van der Waals surface area contributed by atoms with E-state index >= 15 is 0 Å². The van der Waals surface area contributed by atoms with Crippen molar-refractivity contribution in [1.82, 2.24) is 4.37 Å². The van der Waals surface area contributed by atoms with Crippen LogP contribution in [0.4, 0.5) is 5.00 Å². The minimum Gasteiger partial charge on any atom is -0.318 e. The molecule has 0 aliphatic rings. The molecule has 1 aromatic heterocycles. The molecule has 0 aromatic carbocycles. The van der Waals surface area contributed by atoms with Gasteiger partial charge in [-0.05, 0) is 18.5 Å². The Balaban J connectivity index is 3.07. The summed E-state index contributed by atoms with van der Waals surface area (Å²) in [4.78, 5) is 10.0. The van der Waals surface area contributed by atoms with Crippen molar-refractivity contribution in [2.75, 3.05) is 5.32 Å². The monoisotopic (exact) mass is 167 g/mol. The molecule has 1 N–H and O–H groups in total. The average Bonchev–Trinajstić information content (AvgIpc) is 2.33. The Morgan fingerprint density at radius 3 is 3.09 bits per heavy atom. The van der Waals surface area contributed by atoms with Crippen LogP contribution in [0, 0.1) is 18.3 Å². The molecule has 5 heteroatoms. The molecule has 0 bridgehead atoms. The van der Waals surface area contributed by atoms with Crippen LogP contribution in [-0.4, -0.2) is 10.8 Å². The molecule has 1 amide bonds. The van der Waals surface area contributed by atoms with Crippen LogP contribution in [0.15, 0.2) is 0 Å². The fourth-order valence-corrected chi connectivity index (χ4v) is 1.36. The Bertz CT molecular complexity index is 312. The number of hydrogen-bond acceptors (Lipinski definition) is 4. The summed E-state index contributed by atoms with van der Waals surface area (Å²) in [5.41, 5.74) is 1.10. The van der Waals surface area contributed by atoms with Crippen LogP contribution in [0.5, 0.6) is 0 Å². The third kappa shape index (κ3) is 1.36. The van der Waals surface area contributed by atoms with Gasteiger partial charge in [0.05, 0.1) is 5.69 Å². The minimum atomic E-state index is 0.446. The van der Waals surface area contributed by atoms with Crippen molar-refractivity contribution < 1.29 is 4.79 Å². The van der Waals surface area contributed by atoms with Gasteiger partial charge in [-0.15, -0.1) is 0 Å². The number of carbonyl (C=O) groups is 1. The zero-order valence-corrected chi connectivity index (χ0v) is 6.60. The molecular formula is C6H5N3OS. The van der Waals surface area contributed by atoms with E-state index in [4.69, 9.17) is 5.26 Å². The van der Waals surface area contributed by atoms with Gasteiger partial charge in [-0.25, -0.2) is 0 Å². The summed E-state index contributed by atoms with van der Waals surface area (Å²) in [5.74, 6) is 0. The van der Waals surface area contributed by atoms with Gasteiger partial charge in [0.15, 0.2) is 0 Å². The number of aromatic nitrogens is 1. The van der Waals surface area contributed by atoms with Crippen molar-refractivity contribution in [2.24, 2.45) is 0 Å². The fraction of sp³-hybridized carbons (Fsp3) is 0.167. The van der Waals surface area contributed by atoms with Crippen molar-refractivity contribution in [3.8, 4) is 6.07 Å². The minimum absolute atomic E-state index is 0.446. The molecule has 56 valence electrons. The number of amides is 1. The fourth-order valence-electron chi connectivity index (χ4n) is 0.653. The van der Waals surface area contributed by atoms with Crippen molar-refractivity contribution in [2.45, 2.75) is 6.92 Å². The molecule has 0 aliphatic carbocycles. The maximum absolute atomic E-state index is 10.0. The number of nitrogens with zero attached hydrogens (tertiary/aromatic N) is 2. The van der Waals surface area contributed by atoms with Crippen LogP contribution in [0.1, 0.15) is 11.3 Å². The van der Waals surface area contributed by atoms with Gasteiger partial charge in [0.2, 0.25) is 6.41 Å². The maximum Gasteiger partial charge on any atom is 0.212 e. The molecule has 0 spiro atoms. The van der Waals surface area contributed by atoms with Gasteiger partial charge in [-0.1, -0.05) is 0 Å². The number of nitriles is 1. The summed E-state index contributed by atoms with van der Waals surface area (Å²) in [5, 5.41) is 11.5. The SMILES string of the molecule is Cc1nsc(NC=O)c1C#N. The average molecular weight is 167 g/mol. The second-order valence-electron chi connectivity index (χ2n) is 1.85. The zero-order chi connectivity index (χ0) is 8.27. The summed E-state index contributed by atoms with van der Waals surface area (Å²) in [7, 11) is 0. The Hall–Kier alpha value is -1.41. The second-order valence-corrected chi connectivity index (χ2v) is 2.62. The van der Waals surface area contributed by atoms with Crippen LogP contribution < -0.4 is 5.32 Å². The highest BCUT2D eigenvalue weighted by atomic mass is 32.1. The summed E-state index contributed by atoms with van der Waals surface area (Å²) in [6.45, 7) is 1.73. The molecular weight excluding hydrogens is 162 g/mol. The molecule has 1 rings (SSSR count). The lowest BCUT2D eigenvalue weighted by Crippen LogP contribution is -1.92. The van der Waals surface area contributed by atoms with E-state index in [0.717, 1.165) is 11.5 Å². The van der Waals surface area contributed by atoms with Crippen molar-refractivity contribution >= 4 is 22.9 Å². The van der Waals surface area contributed by atoms with Crippen molar-refractivity contribution in [1.29, 1.82) is 5.26 Å². The van der Waals surface area contributed by atoms with E-state index in [9.17, 15) is 4.79 Å². The van der Waals surface area contributed by atoms with Gasteiger partial charge in [0.25, 0.3) is 0 Å². The van der Waals surface area contributed by atoms with Crippen molar-refractivity contribution in [3.05, 3.63) is 11.3 Å². The first-order valence-corrected chi connectivity index (χ1v) is 3.63. The topological polar surface area (TPSA) is 65.8 Å². The van der Waals surface area contributed by atoms with E-state index in [1.54, 1.807) is 6.92 Å². The molecule has 11 heavy (non-hydrogen) atoms. The molecule has 0 atom stereocenters. The lowest BCUT2D eigenvalue weighted by atomic mass is 10.3. The quantitative estimate of drug-likeness (QED) is 0.665. The van der Waals surface area contributed by atoms with Crippen LogP contribution in [0.2, 0.25) is 0 Å². The first kappa shape index (κ1) is 7.69. The number of rotatable bonds is 2. The molecule has 0 radical (unpaired) electrons. The predicted octanol–water partition coefficient (Wildman–Crippen LogP) is 0.891. The number of aryl methyl sites for hydroxylation is 1. The molecule has 1 heterocycles. The van der Waals surface area contributed by atoms with Gasteiger partial charge in [-0.3, -0.25) is 4.79 Å². The molecule has 4 nitrogen and oxygen atoms in total. The number of nitrogens with one attached hydrogen (secondary N) is 1. The molecule has 0 unspecified atom stereocenters. The first-order chi connectivity index (χ1) is 5.29. The molecule has 0 saturated heterocycles. The van der Waals surface area contributed by atoms with E-state index in [-0.39, 0.29) is 0 Å². The molecule has 0 aliphatic heterocycles. The third-order valence-electron chi connectivity index (χ3n) is 1.16. The Morgan fingerprint density at radius 2 is 2.55 bits per heavy atom. The summed E-state index contributed by atoms with van der Waals surface area (Å²) in [6, 6.07) is 1.96. The zero-order valence-electron chi connectivity index (χ0n) is 5.79. The Labute approximate surface area is 67.6 Å². The number of hydrogen-bond donors (Lipinski definition) is 1. The maximum atomic E-state index is 10.0. The van der Waals surface area contributed by atoms with Crippen molar-refractivity contribution in [3.63, 3.8) is 0 Å². The van der Waals surface area contributed by atoms with Crippen LogP contribution in [-0.2, 0) is 4.79 Å². The largest absolute Gasteiger partial charge is 0.318 e. The van der Waals surface area contributed by atoms with E-state index in [1.807, 2.05) is 6.07 Å². The van der Waals surface area contributed by atoms with Gasteiger partial charge >= 0.3 is 0 Å². The lowest BCUT2D eigenvalue weighted by Gasteiger charge is -1.89. The highest BCUT2D eigenvalue weighted by Crippen LogP contribution is 2.22. The molecule has 0 fully saturated rings. The first-order valence-electron chi connectivity index (χ1n) is 2.86. The van der Waals surface area contributed by atoms with E-state index in [1.165, 1.54) is 0 Å². The lowest BCUT2D eigenvalue weighted by molar-refractivity contribution is -0.105. The van der Waals surface area contributed by atoms with Crippen LogP contribution >= 0.6 is 11.5 Å². The Kier molecular flexibility index (Phi) is 2.18. The standard InChI is InChI=1S/C6H5N3OS/c1-4-5(2-7)6(8-3-10)11-9-4/h3H,1H3,(H,8,10). The van der Waals surface area contributed by atoms with E-state index < -0.39 is 0 Å². The molecule has 1 aromatic rings. The van der Waals surface area contributed by atoms with Gasteiger partial charge < -0.3 is 5.32 Å². The van der Waals surface area contributed by atoms with Crippen LogP contribution in [0.3, 0.4) is 0 Å². The Morgan fingerprint density at radius 1 is 1.82 bits per heavy atom. The highest BCUT2D eigenvalue weighted by molar-refractivity contribution is 7.10. The second kappa shape index (κ2) is 3.12. The van der Waals surface area contributed by atoms with Gasteiger partial charge in [0.1, 0.15) is 16.6 Å². The van der Waals surface area contributed by atoms with Gasteiger partial charge in [0, 0.05) is 0 Å². The van der Waals surface area contributed by atoms with E-state index in [0.29, 0.717) is 22.7 Å². The molecule has 0 saturated carbocycles. The van der Waals surface area contributed by atoms with Crippen LogP contribution in [0.25, 0.3) is 0 Å². The summed E-state index contributed by atoms with van der Waals surface area (Å²) < 4.78 is 3.90. The third-order valence-corrected chi connectivity index (χ3v) is 2.03. The van der Waals surface area contributed by atoms with E-state index in [2.05, 4.69) is 9.69 Å².